The van der Waals surface area contributed by atoms with E-state index in [-0.39, 0.29) is 5.91 Å². The summed E-state index contributed by atoms with van der Waals surface area (Å²) in [5.74, 6) is 1.13. The summed E-state index contributed by atoms with van der Waals surface area (Å²) < 4.78 is 5.70. The van der Waals surface area contributed by atoms with Gasteiger partial charge < -0.3 is 9.73 Å². The van der Waals surface area contributed by atoms with Crippen LogP contribution in [0.1, 0.15) is 5.76 Å². The molecule has 2 aromatic carbocycles. The molecule has 23 heavy (non-hydrogen) atoms. The molecule has 0 fully saturated rings. The van der Waals surface area contributed by atoms with Gasteiger partial charge in [-0.1, -0.05) is 48.0 Å². The number of rotatable bonds is 4. The van der Waals surface area contributed by atoms with Crippen molar-refractivity contribution in [2.75, 3.05) is 5.32 Å². The SMILES string of the molecule is O=C(/C=C/c1ccc(-c2ccccc2)o1)Nc1cccc(Cl)c1. The predicted octanol–water partition coefficient (Wildman–Crippen LogP) is 5.25. The van der Waals surface area contributed by atoms with Crippen LogP contribution in [0.2, 0.25) is 5.02 Å². The highest BCUT2D eigenvalue weighted by Crippen LogP contribution is 2.22. The van der Waals surface area contributed by atoms with Gasteiger partial charge in [0.05, 0.1) is 0 Å². The molecule has 0 saturated carbocycles. The van der Waals surface area contributed by atoms with E-state index in [1.165, 1.54) is 6.08 Å². The molecule has 0 radical (unpaired) electrons. The van der Waals surface area contributed by atoms with Gasteiger partial charge >= 0.3 is 0 Å². The zero-order valence-corrected chi connectivity index (χ0v) is 13.0. The number of hydrogen-bond acceptors (Lipinski definition) is 2. The number of amides is 1. The Bertz CT molecular complexity index is 837. The summed E-state index contributed by atoms with van der Waals surface area (Å²) in [6, 6.07) is 20.5. The fraction of sp³-hybridized carbons (Fsp3) is 0. The van der Waals surface area contributed by atoms with Gasteiger partial charge in [0.2, 0.25) is 5.91 Å². The molecule has 0 unspecified atom stereocenters. The second-order valence-corrected chi connectivity index (χ2v) is 5.34. The standard InChI is InChI=1S/C19H14ClNO2/c20-15-7-4-8-16(13-15)21-19(22)12-10-17-9-11-18(23-17)14-5-2-1-3-6-14/h1-13H,(H,21,22)/b12-10+. The van der Waals surface area contributed by atoms with Crippen molar-refractivity contribution in [3.8, 4) is 11.3 Å². The summed E-state index contributed by atoms with van der Waals surface area (Å²) in [6.45, 7) is 0. The maximum atomic E-state index is 11.9. The van der Waals surface area contributed by atoms with Gasteiger partial charge in [-0.15, -0.1) is 0 Å². The molecule has 0 aliphatic carbocycles. The topological polar surface area (TPSA) is 42.2 Å². The van der Waals surface area contributed by atoms with Gasteiger partial charge in [-0.2, -0.15) is 0 Å². The zero-order chi connectivity index (χ0) is 16.1. The lowest BCUT2D eigenvalue weighted by atomic mass is 10.2. The Kier molecular flexibility index (Phi) is 4.60. The molecule has 1 amide bonds. The molecule has 4 heteroatoms. The third-order valence-corrected chi connectivity index (χ3v) is 3.41. The van der Waals surface area contributed by atoms with Crippen molar-refractivity contribution in [1.82, 2.24) is 0 Å². The van der Waals surface area contributed by atoms with E-state index in [0.717, 1.165) is 11.3 Å². The summed E-state index contributed by atoms with van der Waals surface area (Å²) >= 11 is 5.88. The molecule has 3 rings (SSSR count). The molecule has 3 aromatic rings. The first-order valence-corrected chi connectivity index (χ1v) is 7.48. The van der Waals surface area contributed by atoms with E-state index in [0.29, 0.717) is 16.5 Å². The van der Waals surface area contributed by atoms with Crippen LogP contribution in [0.4, 0.5) is 5.69 Å². The molecular weight excluding hydrogens is 310 g/mol. The van der Waals surface area contributed by atoms with Crippen LogP contribution in [-0.4, -0.2) is 5.91 Å². The van der Waals surface area contributed by atoms with Crippen molar-refractivity contribution in [1.29, 1.82) is 0 Å². The molecule has 0 aliphatic rings. The number of carbonyl (C=O) groups is 1. The summed E-state index contributed by atoms with van der Waals surface area (Å²) in [4.78, 5) is 11.9. The van der Waals surface area contributed by atoms with E-state index in [1.54, 1.807) is 30.3 Å². The quantitative estimate of drug-likeness (QED) is 0.666. The molecule has 0 bridgehead atoms. The molecule has 0 aliphatic heterocycles. The first kappa shape index (κ1) is 15.1. The minimum atomic E-state index is -0.245. The van der Waals surface area contributed by atoms with Gasteiger partial charge in [-0.05, 0) is 36.4 Å². The van der Waals surface area contributed by atoms with E-state index in [2.05, 4.69) is 5.32 Å². The molecule has 0 saturated heterocycles. The number of anilines is 1. The molecule has 1 N–H and O–H groups in total. The Morgan fingerprint density at radius 1 is 1.00 bits per heavy atom. The van der Waals surface area contributed by atoms with Crippen LogP contribution in [-0.2, 0) is 4.79 Å². The number of carbonyl (C=O) groups excluding carboxylic acids is 1. The molecule has 0 atom stereocenters. The molecule has 0 spiro atoms. The molecule has 114 valence electrons. The van der Waals surface area contributed by atoms with E-state index >= 15 is 0 Å². The highest BCUT2D eigenvalue weighted by atomic mass is 35.5. The Morgan fingerprint density at radius 2 is 1.83 bits per heavy atom. The van der Waals surface area contributed by atoms with Crippen LogP contribution in [0.15, 0.2) is 77.2 Å². The number of hydrogen-bond donors (Lipinski definition) is 1. The van der Waals surface area contributed by atoms with Crippen LogP contribution in [0.3, 0.4) is 0 Å². The zero-order valence-electron chi connectivity index (χ0n) is 12.2. The van der Waals surface area contributed by atoms with Crippen molar-refractivity contribution in [2.24, 2.45) is 0 Å². The summed E-state index contributed by atoms with van der Waals surface area (Å²) in [5, 5.41) is 3.31. The lowest BCUT2D eigenvalue weighted by Crippen LogP contribution is -2.07. The molecule has 1 heterocycles. The van der Waals surface area contributed by atoms with Crippen molar-refractivity contribution in [3.63, 3.8) is 0 Å². The Balaban J connectivity index is 1.66. The van der Waals surface area contributed by atoms with Crippen molar-refractivity contribution >= 4 is 29.3 Å². The Labute approximate surface area is 139 Å². The molecule has 1 aromatic heterocycles. The maximum absolute atomic E-state index is 11.9. The highest BCUT2D eigenvalue weighted by molar-refractivity contribution is 6.30. The lowest BCUT2D eigenvalue weighted by molar-refractivity contribution is -0.111. The summed E-state index contributed by atoms with van der Waals surface area (Å²) in [7, 11) is 0. The average molecular weight is 324 g/mol. The number of halogens is 1. The van der Waals surface area contributed by atoms with Crippen molar-refractivity contribution < 1.29 is 9.21 Å². The largest absolute Gasteiger partial charge is 0.457 e. The first-order valence-electron chi connectivity index (χ1n) is 7.10. The van der Waals surface area contributed by atoms with Gasteiger partial charge in [-0.25, -0.2) is 0 Å². The minimum absolute atomic E-state index is 0.245. The van der Waals surface area contributed by atoms with Crippen molar-refractivity contribution in [2.45, 2.75) is 0 Å². The Hall–Kier alpha value is -2.78. The minimum Gasteiger partial charge on any atom is -0.457 e. The number of benzene rings is 2. The van der Waals surface area contributed by atoms with Gasteiger partial charge in [-0.3, -0.25) is 4.79 Å². The van der Waals surface area contributed by atoms with Crippen LogP contribution in [0, 0.1) is 0 Å². The second-order valence-electron chi connectivity index (χ2n) is 4.90. The predicted molar refractivity (Wildman–Crippen MR) is 93.3 cm³/mol. The van der Waals surface area contributed by atoms with E-state index in [1.807, 2.05) is 42.5 Å². The molecular formula is C19H14ClNO2. The smallest absolute Gasteiger partial charge is 0.248 e. The van der Waals surface area contributed by atoms with Crippen LogP contribution < -0.4 is 5.32 Å². The fourth-order valence-electron chi connectivity index (χ4n) is 2.11. The second kappa shape index (κ2) is 6.99. The van der Waals surface area contributed by atoms with Gasteiger partial charge in [0.1, 0.15) is 11.5 Å². The normalized spacial score (nSPS) is 10.8. The van der Waals surface area contributed by atoms with E-state index < -0.39 is 0 Å². The van der Waals surface area contributed by atoms with Gasteiger partial charge in [0.15, 0.2) is 0 Å². The van der Waals surface area contributed by atoms with Gasteiger partial charge in [0.25, 0.3) is 0 Å². The lowest BCUT2D eigenvalue weighted by Gasteiger charge is -2.01. The number of nitrogens with one attached hydrogen (secondary N) is 1. The first-order chi connectivity index (χ1) is 11.2. The fourth-order valence-corrected chi connectivity index (χ4v) is 2.30. The highest BCUT2D eigenvalue weighted by Gasteiger charge is 2.03. The third kappa shape index (κ3) is 4.11. The van der Waals surface area contributed by atoms with Gasteiger partial charge in [0, 0.05) is 22.3 Å². The van der Waals surface area contributed by atoms with Crippen LogP contribution in [0.25, 0.3) is 17.4 Å². The third-order valence-electron chi connectivity index (χ3n) is 3.18. The van der Waals surface area contributed by atoms with Crippen LogP contribution in [0.5, 0.6) is 0 Å². The Morgan fingerprint density at radius 3 is 2.61 bits per heavy atom. The van der Waals surface area contributed by atoms with E-state index in [4.69, 9.17) is 16.0 Å². The van der Waals surface area contributed by atoms with E-state index in [9.17, 15) is 4.79 Å². The summed E-state index contributed by atoms with van der Waals surface area (Å²) in [6.07, 6.45) is 3.06. The summed E-state index contributed by atoms with van der Waals surface area (Å²) in [5.41, 5.74) is 1.65. The molecule has 3 nitrogen and oxygen atoms in total. The van der Waals surface area contributed by atoms with Crippen molar-refractivity contribution in [3.05, 3.63) is 83.6 Å². The monoisotopic (exact) mass is 323 g/mol. The average Bonchev–Trinajstić information content (AvgIpc) is 3.03. The maximum Gasteiger partial charge on any atom is 0.248 e. The number of furan rings is 1. The van der Waals surface area contributed by atoms with Crippen LogP contribution >= 0.6 is 11.6 Å².